The second kappa shape index (κ2) is 7.67. The molecule has 2 nitrogen and oxygen atoms in total. The summed E-state index contributed by atoms with van der Waals surface area (Å²) in [5, 5.41) is 1.33. The maximum absolute atomic E-state index is 6.37. The number of halogens is 2. The first kappa shape index (κ1) is 17.4. The molecule has 2 aromatic rings. The quantitative estimate of drug-likeness (QED) is 0.814. The fourth-order valence-electron chi connectivity index (χ4n) is 4.78. The van der Waals surface area contributed by atoms with Gasteiger partial charge in [0.25, 0.3) is 0 Å². The van der Waals surface area contributed by atoms with Gasteiger partial charge in [0.05, 0.1) is 34.7 Å². The van der Waals surface area contributed by atoms with Crippen LogP contribution >= 0.6 is 23.2 Å². The van der Waals surface area contributed by atoms with Crippen LogP contribution in [0.5, 0.6) is 0 Å². The van der Waals surface area contributed by atoms with E-state index in [0.29, 0.717) is 16.2 Å². The fraction of sp³-hybridized carbons (Fsp3) is 0.429. The standard InChI is InChI=1S/C21H24Cl2N2/c22-19-10-9-17(14-20(19)23)21-24(15-16-6-2-1-3-7-16)13-11-18-8-4-5-12-25(18)21/h1-3,6-7,9-10,14,18,21H,4-5,8,11-13,15H2/p+2/t18-,21-/m1/s1. The first-order valence-electron chi connectivity index (χ1n) is 9.41. The minimum atomic E-state index is 0.453. The molecule has 4 rings (SSSR count). The van der Waals surface area contributed by atoms with E-state index in [2.05, 4.69) is 42.5 Å². The molecule has 0 radical (unpaired) electrons. The van der Waals surface area contributed by atoms with Crippen LogP contribution < -0.4 is 9.80 Å². The first-order valence-corrected chi connectivity index (χ1v) is 10.2. The average Bonchev–Trinajstić information content (AvgIpc) is 2.65. The second-order valence-corrected chi connectivity index (χ2v) is 8.30. The smallest absolute Gasteiger partial charge is 0.240 e. The summed E-state index contributed by atoms with van der Waals surface area (Å²) in [4.78, 5) is 3.40. The Morgan fingerprint density at radius 2 is 1.72 bits per heavy atom. The van der Waals surface area contributed by atoms with Gasteiger partial charge in [0, 0.05) is 18.4 Å². The molecule has 4 atom stereocenters. The molecule has 2 N–H and O–H groups in total. The van der Waals surface area contributed by atoms with Gasteiger partial charge in [-0.05, 0) is 31.0 Å². The molecule has 4 heteroatoms. The highest BCUT2D eigenvalue weighted by molar-refractivity contribution is 6.42. The lowest BCUT2D eigenvalue weighted by atomic mass is 9.93. The topological polar surface area (TPSA) is 8.88 Å². The van der Waals surface area contributed by atoms with Crippen molar-refractivity contribution in [3.8, 4) is 0 Å². The van der Waals surface area contributed by atoms with Crippen LogP contribution in [0.25, 0.3) is 0 Å². The normalized spacial score (nSPS) is 29.2. The van der Waals surface area contributed by atoms with Gasteiger partial charge in [0.15, 0.2) is 0 Å². The average molecular weight is 377 g/mol. The van der Waals surface area contributed by atoms with Crippen molar-refractivity contribution in [2.45, 2.75) is 44.4 Å². The van der Waals surface area contributed by atoms with Crippen molar-refractivity contribution < 1.29 is 9.80 Å². The zero-order chi connectivity index (χ0) is 17.2. The minimum Gasteiger partial charge on any atom is -0.279 e. The number of hydrogen-bond donors (Lipinski definition) is 2. The molecule has 0 spiro atoms. The maximum Gasteiger partial charge on any atom is 0.240 e. The summed E-state index contributed by atoms with van der Waals surface area (Å²) in [5.41, 5.74) is 2.75. The predicted molar refractivity (Wildman–Crippen MR) is 103 cm³/mol. The van der Waals surface area contributed by atoms with Crippen LogP contribution in [-0.2, 0) is 6.54 Å². The number of rotatable bonds is 3. The van der Waals surface area contributed by atoms with E-state index in [4.69, 9.17) is 23.2 Å². The highest BCUT2D eigenvalue weighted by Crippen LogP contribution is 2.25. The van der Waals surface area contributed by atoms with Crippen molar-refractivity contribution in [3.05, 3.63) is 69.7 Å². The summed E-state index contributed by atoms with van der Waals surface area (Å²) in [7, 11) is 0. The van der Waals surface area contributed by atoms with Gasteiger partial charge in [-0.15, -0.1) is 0 Å². The van der Waals surface area contributed by atoms with Crippen LogP contribution in [0.15, 0.2) is 48.5 Å². The van der Waals surface area contributed by atoms with Crippen molar-refractivity contribution in [2.24, 2.45) is 0 Å². The van der Waals surface area contributed by atoms with Gasteiger partial charge in [-0.1, -0.05) is 53.5 Å². The maximum atomic E-state index is 6.37. The van der Waals surface area contributed by atoms with E-state index in [0.717, 1.165) is 12.6 Å². The van der Waals surface area contributed by atoms with E-state index in [1.165, 1.54) is 49.9 Å². The number of piperidine rings is 1. The van der Waals surface area contributed by atoms with Crippen LogP contribution in [-0.4, -0.2) is 19.1 Å². The summed E-state index contributed by atoms with van der Waals surface area (Å²) < 4.78 is 0. The van der Waals surface area contributed by atoms with Crippen molar-refractivity contribution >= 4 is 23.2 Å². The van der Waals surface area contributed by atoms with Crippen molar-refractivity contribution in [1.29, 1.82) is 0 Å². The Morgan fingerprint density at radius 1 is 0.880 bits per heavy atom. The third-order valence-electron chi connectivity index (χ3n) is 5.94. The summed E-state index contributed by atoms with van der Waals surface area (Å²) in [6.07, 6.45) is 5.87. The van der Waals surface area contributed by atoms with Crippen LogP contribution in [0, 0.1) is 0 Å². The van der Waals surface area contributed by atoms with Crippen molar-refractivity contribution in [1.82, 2.24) is 0 Å². The molecule has 0 aliphatic carbocycles. The van der Waals surface area contributed by atoms with E-state index >= 15 is 0 Å². The molecule has 2 aliphatic rings. The van der Waals surface area contributed by atoms with Crippen LogP contribution in [0.2, 0.25) is 10.0 Å². The van der Waals surface area contributed by atoms with Gasteiger partial charge in [-0.3, -0.25) is 9.80 Å². The highest BCUT2D eigenvalue weighted by Gasteiger charge is 2.44. The zero-order valence-electron chi connectivity index (χ0n) is 14.5. The van der Waals surface area contributed by atoms with Gasteiger partial charge in [-0.25, -0.2) is 0 Å². The Kier molecular flexibility index (Phi) is 5.33. The Hall–Kier alpha value is -1.06. The first-order chi connectivity index (χ1) is 12.2. The summed E-state index contributed by atoms with van der Waals surface area (Å²) >= 11 is 12.5. The Morgan fingerprint density at radius 3 is 2.52 bits per heavy atom. The molecule has 2 heterocycles. The van der Waals surface area contributed by atoms with E-state index in [1.54, 1.807) is 9.80 Å². The lowest BCUT2D eigenvalue weighted by Gasteiger charge is -2.45. The van der Waals surface area contributed by atoms with Crippen molar-refractivity contribution in [3.63, 3.8) is 0 Å². The summed E-state index contributed by atoms with van der Waals surface area (Å²) in [6, 6.07) is 17.9. The Balaban J connectivity index is 1.67. The molecule has 2 fully saturated rings. The van der Waals surface area contributed by atoms with E-state index in [9.17, 15) is 0 Å². The minimum absolute atomic E-state index is 0.453. The summed E-state index contributed by atoms with van der Waals surface area (Å²) in [6.45, 7) is 3.57. The van der Waals surface area contributed by atoms with Gasteiger partial charge in [0.1, 0.15) is 6.54 Å². The third-order valence-corrected chi connectivity index (χ3v) is 6.68. The SMILES string of the molecule is Clc1ccc([C@@H]2[NH+](Cc3ccccc3)CC[C@H]3CCCC[NH+]32)cc1Cl. The third kappa shape index (κ3) is 3.73. The molecule has 2 unspecified atom stereocenters. The molecule has 2 aliphatic heterocycles. The van der Waals surface area contributed by atoms with Crippen LogP contribution in [0.1, 0.15) is 43.0 Å². The molecule has 2 aromatic carbocycles. The van der Waals surface area contributed by atoms with Crippen LogP contribution in [0.3, 0.4) is 0 Å². The van der Waals surface area contributed by atoms with Gasteiger partial charge in [0.2, 0.25) is 6.17 Å². The lowest BCUT2D eigenvalue weighted by Crippen LogP contribution is -3.35. The van der Waals surface area contributed by atoms with Crippen LogP contribution in [0.4, 0.5) is 0 Å². The number of nitrogens with one attached hydrogen (secondary N) is 2. The Bertz CT molecular complexity index is 719. The van der Waals surface area contributed by atoms with Gasteiger partial charge < -0.3 is 0 Å². The molecule has 0 aromatic heterocycles. The number of fused-ring (bicyclic) bond motifs is 1. The predicted octanol–water partition coefficient (Wildman–Crippen LogP) is 2.92. The largest absolute Gasteiger partial charge is 0.279 e. The Labute approximate surface area is 160 Å². The molecule has 0 saturated carbocycles. The molecule has 0 amide bonds. The second-order valence-electron chi connectivity index (χ2n) is 7.48. The monoisotopic (exact) mass is 376 g/mol. The molecular formula is C21H26Cl2N2+2. The molecule has 132 valence electrons. The highest BCUT2D eigenvalue weighted by atomic mass is 35.5. The van der Waals surface area contributed by atoms with E-state index in [1.807, 2.05) is 6.07 Å². The van der Waals surface area contributed by atoms with E-state index in [-0.39, 0.29) is 0 Å². The fourth-order valence-corrected chi connectivity index (χ4v) is 5.08. The lowest BCUT2D eigenvalue weighted by molar-refractivity contribution is -1.17. The number of benzene rings is 2. The molecular weight excluding hydrogens is 351 g/mol. The van der Waals surface area contributed by atoms with E-state index < -0.39 is 0 Å². The number of quaternary nitrogens is 2. The molecule has 0 bridgehead atoms. The zero-order valence-corrected chi connectivity index (χ0v) is 16.0. The van der Waals surface area contributed by atoms with Gasteiger partial charge in [-0.2, -0.15) is 0 Å². The van der Waals surface area contributed by atoms with Crippen molar-refractivity contribution in [2.75, 3.05) is 13.1 Å². The summed E-state index contributed by atoms with van der Waals surface area (Å²) in [5.74, 6) is 0. The molecule has 25 heavy (non-hydrogen) atoms. The molecule has 2 saturated heterocycles. The van der Waals surface area contributed by atoms with Gasteiger partial charge >= 0.3 is 0 Å². The number of hydrogen-bond acceptors (Lipinski definition) is 0.